The fourth-order valence-electron chi connectivity index (χ4n) is 1.32. The van der Waals surface area contributed by atoms with Gasteiger partial charge in [-0.25, -0.2) is 17.8 Å². The molecule has 0 aliphatic rings. The molecule has 0 radical (unpaired) electrons. The molecule has 1 heterocycles. The van der Waals surface area contributed by atoms with Crippen LogP contribution in [0, 0.1) is 5.82 Å². The Morgan fingerprint density at radius 3 is 2.83 bits per heavy atom. The largest absolute Gasteiger partial charge is 0.383 e. The van der Waals surface area contributed by atoms with E-state index in [0.717, 1.165) is 10.4 Å². The van der Waals surface area contributed by atoms with Crippen molar-refractivity contribution in [1.82, 2.24) is 9.29 Å². The van der Waals surface area contributed by atoms with E-state index in [2.05, 4.69) is 20.9 Å². The van der Waals surface area contributed by atoms with E-state index in [4.69, 9.17) is 4.74 Å². The van der Waals surface area contributed by atoms with Crippen LogP contribution in [0.25, 0.3) is 0 Å². The number of sulfonamides is 1. The van der Waals surface area contributed by atoms with Gasteiger partial charge in [0.2, 0.25) is 5.03 Å². The third-order valence-corrected chi connectivity index (χ3v) is 4.49. The van der Waals surface area contributed by atoms with Gasteiger partial charge < -0.3 is 4.74 Å². The molecule has 5 nitrogen and oxygen atoms in total. The average molecular weight is 341 g/mol. The predicted octanol–water partition coefficient (Wildman–Crippen LogP) is 1.25. The smallest absolute Gasteiger partial charge is 0.263 e. The molecule has 1 aromatic heterocycles. The fourth-order valence-corrected chi connectivity index (χ4v) is 3.39. The highest BCUT2D eigenvalue weighted by atomic mass is 79.9. The van der Waals surface area contributed by atoms with Gasteiger partial charge in [0.15, 0.2) is 5.82 Å². The quantitative estimate of drug-likeness (QED) is 0.731. The van der Waals surface area contributed by atoms with E-state index in [1.807, 2.05) is 0 Å². The zero-order valence-corrected chi connectivity index (χ0v) is 12.4. The van der Waals surface area contributed by atoms with Gasteiger partial charge in [0, 0.05) is 26.9 Å². The minimum Gasteiger partial charge on any atom is -0.383 e. The molecule has 0 aromatic carbocycles. The summed E-state index contributed by atoms with van der Waals surface area (Å²) in [5.41, 5.74) is 0. The van der Waals surface area contributed by atoms with E-state index in [9.17, 15) is 12.8 Å². The molecule has 18 heavy (non-hydrogen) atoms. The van der Waals surface area contributed by atoms with E-state index < -0.39 is 20.9 Å². The van der Waals surface area contributed by atoms with Crippen LogP contribution in [0.2, 0.25) is 0 Å². The Kier molecular flexibility index (Phi) is 5.64. The number of rotatable bonds is 6. The summed E-state index contributed by atoms with van der Waals surface area (Å²) in [7, 11) is -1.04. The van der Waals surface area contributed by atoms with Crippen LogP contribution in [0.1, 0.15) is 0 Å². The predicted molar refractivity (Wildman–Crippen MR) is 68.6 cm³/mol. The summed E-state index contributed by atoms with van der Waals surface area (Å²) in [6.07, 6.45) is 1.24. The summed E-state index contributed by atoms with van der Waals surface area (Å²) < 4.78 is 43.5. The number of pyridine rings is 1. The number of hydrogen-bond acceptors (Lipinski definition) is 4. The summed E-state index contributed by atoms with van der Waals surface area (Å²) in [6, 6.07) is 2.40. The van der Waals surface area contributed by atoms with Crippen molar-refractivity contribution < 1.29 is 17.5 Å². The first-order valence-electron chi connectivity index (χ1n) is 5.09. The van der Waals surface area contributed by atoms with Crippen LogP contribution in [-0.4, -0.2) is 49.8 Å². The first-order valence-corrected chi connectivity index (χ1v) is 7.45. The summed E-state index contributed by atoms with van der Waals surface area (Å²) in [5, 5.41) is -0.565. The zero-order chi connectivity index (χ0) is 13.8. The molecule has 0 spiro atoms. The number of aromatic nitrogens is 1. The molecule has 1 aromatic rings. The Hall–Kier alpha value is -0.570. The van der Waals surface area contributed by atoms with Crippen LogP contribution in [0.4, 0.5) is 4.39 Å². The molecule has 0 aliphatic carbocycles. The maximum absolute atomic E-state index is 13.4. The Balaban J connectivity index is 2.90. The molecular formula is C10H14BrFN2O3S. The van der Waals surface area contributed by atoms with Crippen molar-refractivity contribution in [2.45, 2.75) is 9.85 Å². The van der Waals surface area contributed by atoms with Gasteiger partial charge in [-0.2, -0.15) is 4.31 Å². The van der Waals surface area contributed by atoms with E-state index in [0.29, 0.717) is 6.61 Å². The van der Waals surface area contributed by atoms with Crippen molar-refractivity contribution >= 4 is 26.0 Å². The Labute approximate surface area is 114 Å². The highest BCUT2D eigenvalue weighted by molar-refractivity contribution is 9.09. The van der Waals surface area contributed by atoms with E-state index >= 15 is 0 Å². The standard InChI is InChI=1S/C10H14BrFN2O3S/c1-14(6-8(11)7-17-2)18(15,16)10-9(12)4-3-5-13-10/h3-5,8H,6-7H2,1-2H3. The maximum atomic E-state index is 13.4. The van der Waals surface area contributed by atoms with Crippen LogP contribution in [0.5, 0.6) is 0 Å². The van der Waals surface area contributed by atoms with Gasteiger partial charge in [-0.15, -0.1) is 0 Å². The number of alkyl halides is 1. The molecule has 0 saturated heterocycles. The molecule has 1 unspecified atom stereocenters. The van der Waals surface area contributed by atoms with Crippen molar-refractivity contribution in [3.05, 3.63) is 24.1 Å². The van der Waals surface area contributed by atoms with Crippen molar-refractivity contribution in [2.75, 3.05) is 27.3 Å². The third kappa shape index (κ3) is 3.71. The summed E-state index contributed by atoms with van der Waals surface area (Å²) in [5.74, 6) is -0.859. The van der Waals surface area contributed by atoms with E-state index in [1.54, 1.807) is 0 Å². The van der Waals surface area contributed by atoms with Gasteiger partial charge in [0.05, 0.1) is 11.4 Å². The molecule has 0 saturated carbocycles. The molecule has 0 aliphatic heterocycles. The van der Waals surface area contributed by atoms with Crippen LogP contribution in [-0.2, 0) is 14.8 Å². The second-order valence-electron chi connectivity index (χ2n) is 3.63. The molecule has 8 heteroatoms. The molecule has 102 valence electrons. The van der Waals surface area contributed by atoms with E-state index in [1.165, 1.54) is 26.4 Å². The zero-order valence-electron chi connectivity index (χ0n) is 10.0. The molecule has 1 rings (SSSR count). The number of ether oxygens (including phenoxy) is 1. The summed E-state index contributed by atoms with van der Waals surface area (Å²) in [4.78, 5) is 3.40. The summed E-state index contributed by atoms with van der Waals surface area (Å²) in [6.45, 7) is 0.511. The second-order valence-corrected chi connectivity index (χ2v) is 6.88. The topological polar surface area (TPSA) is 59.5 Å². The minimum atomic E-state index is -3.92. The minimum absolute atomic E-state index is 0.159. The van der Waals surface area contributed by atoms with E-state index in [-0.39, 0.29) is 11.4 Å². The normalized spacial score (nSPS) is 13.8. The Morgan fingerprint density at radius 1 is 1.61 bits per heavy atom. The van der Waals surface area contributed by atoms with Gasteiger partial charge in [0.25, 0.3) is 10.0 Å². The second kappa shape index (κ2) is 6.55. The fraction of sp³-hybridized carbons (Fsp3) is 0.500. The lowest BCUT2D eigenvalue weighted by atomic mass is 10.4. The lowest BCUT2D eigenvalue weighted by Gasteiger charge is -2.19. The maximum Gasteiger partial charge on any atom is 0.263 e. The first kappa shape index (κ1) is 15.5. The van der Waals surface area contributed by atoms with Gasteiger partial charge in [-0.05, 0) is 12.1 Å². The summed E-state index contributed by atoms with van der Waals surface area (Å²) >= 11 is 3.28. The SMILES string of the molecule is COCC(Br)CN(C)S(=O)(=O)c1ncccc1F. The van der Waals surface area contributed by atoms with Crippen LogP contribution in [0.3, 0.4) is 0 Å². The molecule has 1 atom stereocenters. The monoisotopic (exact) mass is 340 g/mol. The Morgan fingerprint density at radius 2 is 2.28 bits per heavy atom. The van der Waals surface area contributed by atoms with Gasteiger partial charge >= 0.3 is 0 Å². The Bertz CT molecular complexity index is 498. The van der Waals surface area contributed by atoms with Crippen molar-refractivity contribution in [3.8, 4) is 0 Å². The third-order valence-electron chi connectivity index (χ3n) is 2.18. The van der Waals surface area contributed by atoms with Crippen LogP contribution in [0.15, 0.2) is 23.4 Å². The molecular weight excluding hydrogens is 327 g/mol. The first-order chi connectivity index (χ1) is 8.39. The van der Waals surface area contributed by atoms with Crippen molar-refractivity contribution in [1.29, 1.82) is 0 Å². The van der Waals surface area contributed by atoms with Crippen LogP contribution >= 0.6 is 15.9 Å². The van der Waals surface area contributed by atoms with Crippen molar-refractivity contribution in [3.63, 3.8) is 0 Å². The lowest BCUT2D eigenvalue weighted by molar-refractivity contribution is 0.195. The average Bonchev–Trinajstić information content (AvgIpc) is 2.29. The molecule has 0 fully saturated rings. The van der Waals surface area contributed by atoms with Gasteiger partial charge in [0.1, 0.15) is 0 Å². The van der Waals surface area contributed by atoms with Gasteiger partial charge in [-0.3, -0.25) is 0 Å². The number of hydrogen-bond donors (Lipinski definition) is 0. The number of methoxy groups -OCH3 is 1. The number of halogens is 2. The van der Waals surface area contributed by atoms with Crippen molar-refractivity contribution in [2.24, 2.45) is 0 Å². The molecule has 0 bridgehead atoms. The van der Waals surface area contributed by atoms with Gasteiger partial charge in [-0.1, -0.05) is 15.9 Å². The molecule has 0 amide bonds. The highest BCUT2D eigenvalue weighted by Crippen LogP contribution is 2.16. The van der Waals surface area contributed by atoms with Crippen LogP contribution < -0.4 is 0 Å². The molecule has 0 N–H and O–H groups in total. The number of nitrogens with zero attached hydrogens (tertiary/aromatic N) is 2. The lowest BCUT2D eigenvalue weighted by Crippen LogP contribution is -2.34. The highest BCUT2D eigenvalue weighted by Gasteiger charge is 2.27.